The molecule has 3 aromatic rings. The van der Waals surface area contributed by atoms with E-state index in [1.54, 1.807) is 6.07 Å². The van der Waals surface area contributed by atoms with Crippen LogP contribution >= 0.6 is 0 Å². The molecule has 0 fully saturated rings. The van der Waals surface area contributed by atoms with E-state index in [0.29, 0.717) is 5.69 Å². The Morgan fingerprint density at radius 2 is 1.59 bits per heavy atom. The van der Waals surface area contributed by atoms with Crippen LogP contribution < -0.4 is 10.6 Å². The Hall–Kier alpha value is -3.54. The quantitative estimate of drug-likeness (QED) is 0.724. The fourth-order valence-electron chi connectivity index (χ4n) is 2.69. The predicted molar refractivity (Wildman–Crippen MR) is 102 cm³/mol. The lowest BCUT2D eigenvalue weighted by Gasteiger charge is -2.09. The molecule has 0 atom stereocenters. The Labute approximate surface area is 156 Å². The third-order valence-corrected chi connectivity index (χ3v) is 3.86. The van der Waals surface area contributed by atoms with Crippen LogP contribution in [0.15, 0.2) is 60.8 Å². The third-order valence-electron chi connectivity index (χ3n) is 3.86. The minimum Gasteiger partial charge on any atom is -0.321 e. The van der Waals surface area contributed by atoms with Crippen molar-refractivity contribution < 1.29 is 14.0 Å². The first-order chi connectivity index (χ1) is 12.9. The number of hydrogen-bond acceptors (Lipinski definition) is 3. The SMILES string of the molecule is Cc1cc(C)cc(NC(=O)c2cc(C(=O)Nc3ccccc3F)ccn2)c1. The fraction of sp³-hybridized carbons (Fsp3) is 0.0952. The second kappa shape index (κ2) is 7.78. The number of hydrogen-bond donors (Lipinski definition) is 2. The summed E-state index contributed by atoms with van der Waals surface area (Å²) in [6, 6.07) is 14.4. The van der Waals surface area contributed by atoms with Gasteiger partial charge in [-0.1, -0.05) is 18.2 Å². The van der Waals surface area contributed by atoms with Crippen LogP contribution in [0.4, 0.5) is 15.8 Å². The van der Waals surface area contributed by atoms with E-state index in [4.69, 9.17) is 0 Å². The summed E-state index contributed by atoms with van der Waals surface area (Å²) in [5, 5.41) is 5.26. The van der Waals surface area contributed by atoms with E-state index >= 15 is 0 Å². The van der Waals surface area contributed by atoms with E-state index in [1.165, 1.54) is 36.5 Å². The molecule has 27 heavy (non-hydrogen) atoms. The molecule has 3 rings (SSSR count). The monoisotopic (exact) mass is 363 g/mol. The van der Waals surface area contributed by atoms with Crippen molar-refractivity contribution in [1.29, 1.82) is 0 Å². The van der Waals surface area contributed by atoms with Gasteiger partial charge in [0.15, 0.2) is 0 Å². The second-order valence-corrected chi connectivity index (χ2v) is 6.19. The number of nitrogens with zero attached hydrogens (tertiary/aromatic N) is 1. The van der Waals surface area contributed by atoms with Crippen LogP contribution in [0, 0.1) is 19.7 Å². The van der Waals surface area contributed by atoms with Gasteiger partial charge >= 0.3 is 0 Å². The summed E-state index contributed by atoms with van der Waals surface area (Å²) < 4.78 is 13.7. The molecule has 2 N–H and O–H groups in total. The van der Waals surface area contributed by atoms with Gasteiger partial charge in [0.1, 0.15) is 11.5 Å². The van der Waals surface area contributed by atoms with E-state index in [9.17, 15) is 14.0 Å². The van der Waals surface area contributed by atoms with Gasteiger partial charge in [0.05, 0.1) is 5.69 Å². The number of halogens is 1. The van der Waals surface area contributed by atoms with Gasteiger partial charge in [0.2, 0.25) is 0 Å². The van der Waals surface area contributed by atoms with Crippen molar-refractivity contribution in [3.63, 3.8) is 0 Å². The van der Waals surface area contributed by atoms with E-state index in [1.807, 2.05) is 32.0 Å². The van der Waals surface area contributed by atoms with Crippen molar-refractivity contribution in [2.45, 2.75) is 13.8 Å². The Morgan fingerprint density at radius 1 is 0.889 bits per heavy atom. The number of benzene rings is 2. The molecule has 0 bridgehead atoms. The summed E-state index contributed by atoms with van der Waals surface area (Å²) in [4.78, 5) is 28.8. The van der Waals surface area contributed by atoms with Gasteiger partial charge in [0.25, 0.3) is 11.8 Å². The number of amides is 2. The molecule has 1 heterocycles. The highest BCUT2D eigenvalue weighted by Crippen LogP contribution is 2.16. The number of aryl methyl sites for hydroxylation is 2. The fourth-order valence-corrected chi connectivity index (χ4v) is 2.69. The first-order valence-electron chi connectivity index (χ1n) is 8.34. The Morgan fingerprint density at radius 3 is 2.30 bits per heavy atom. The zero-order valence-electron chi connectivity index (χ0n) is 14.9. The van der Waals surface area contributed by atoms with Crippen molar-refractivity contribution >= 4 is 23.2 Å². The number of carbonyl (C=O) groups excluding carboxylic acids is 2. The Balaban J connectivity index is 1.77. The molecule has 0 radical (unpaired) electrons. The van der Waals surface area contributed by atoms with E-state index in [0.717, 1.165) is 11.1 Å². The highest BCUT2D eigenvalue weighted by atomic mass is 19.1. The molecular formula is C21H18FN3O2. The van der Waals surface area contributed by atoms with E-state index in [-0.39, 0.29) is 16.9 Å². The molecule has 2 aromatic carbocycles. The second-order valence-electron chi connectivity index (χ2n) is 6.19. The zero-order chi connectivity index (χ0) is 19.4. The number of pyridine rings is 1. The smallest absolute Gasteiger partial charge is 0.274 e. The molecule has 5 nitrogen and oxygen atoms in total. The lowest BCUT2D eigenvalue weighted by atomic mass is 10.1. The molecule has 0 spiro atoms. The largest absolute Gasteiger partial charge is 0.321 e. The summed E-state index contributed by atoms with van der Waals surface area (Å²) in [7, 11) is 0. The van der Waals surface area contributed by atoms with Crippen molar-refractivity contribution in [2.24, 2.45) is 0 Å². The summed E-state index contributed by atoms with van der Waals surface area (Å²) in [5.74, 6) is -1.49. The van der Waals surface area contributed by atoms with Gasteiger partial charge in [-0.15, -0.1) is 0 Å². The lowest BCUT2D eigenvalue weighted by Crippen LogP contribution is -2.17. The minimum atomic E-state index is -0.535. The predicted octanol–water partition coefficient (Wildman–Crippen LogP) is 4.34. The van der Waals surface area contributed by atoms with Crippen LogP contribution in [0.5, 0.6) is 0 Å². The molecule has 0 saturated heterocycles. The Kier molecular flexibility index (Phi) is 5.26. The first-order valence-corrected chi connectivity index (χ1v) is 8.34. The van der Waals surface area contributed by atoms with Gasteiger partial charge in [-0.2, -0.15) is 0 Å². The van der Waals surface area contributed by atoms with Crippen LogP contribution in [0.1, 0.15) is 32.0 Å². The first kappa shape index (κ1) is 18.3. The van der Waals surface area contributed by atoms with Crippen molar-refractivity contribution in [3.8, 4) is 0 Å². The summed E-state index contributed by atoms with van der Waals surface area (Å²) >= 11 is 0. The van der Waals surface area contributed by atoms with Crippen LogP contribution in [-0.4, -0.2) is 16.8 Å². The average molecular weight is 363 g/mol. The molecule has 0 aliphatic carbocycles. The summed E-state index contributed by atoms with van der Waals surface area (Å²) in [5.41, 5.74) is 3.07. The van der Waals surface area contributed by atoms with Crippen LogP contribution in [-0.2, 0) is 0 Å². The number of aromatic nitrogens is 1. The number of anilines is 2. The van der Waals surface area contributed by atoms with Crippen molar-refractivity contribution in [2.75, 3.05) is 10.6 Å². The summed E-state index contributed by atoms with van der Waals surface area (Å²) in [6.07, 6.45) is 1.37. The maximum Gasteiger partial charge on any atom is 0.274 e. The molecule has 0 aliphatic rings. The van der Waals surface area contributed by atoms with Crippen molar-refractivity contribution in [3.05, 3.63) is 89.0 Å². The van der Waals surface area contributed by atoms with Crippen LogP contribution in [0.25, 0.3) is 0 Å². The normalized spacial score (nSPS) is 10.3. The molecule has 0 saturated carbocycles. The molecule has 6 heteroatoms. The number of para-hydroxylation sites is 1. The minimum absolute atomic E-state index is 0.0700. The standard InChI is InChI=1S/C21H18FN3O2/c1-13-9-14(2)11-16(10-13)24-21(27)19-12-15(7-8-23-19)20(26)25-18-6-4-3-5-17(18)22/h3-12H,1-2H3,(H,24,27)(H,25,26). The van der Waals surface area contributed by atoms with Crippen LogP contribution in [0.2, 0.25) is 0 Å². The molecule has 2 amide bonds. The number of nitrogens with one attached hydrogen (secondary N) is 2. The number of rotatable bonds is 4. The Bertz CT molecular complexity index is 998. The number of carbonyl (C=O) groups is 2. The molecule has 1 aromatic heterocycles. The van der Waals surface area contributed by atoms with Gasteiger partial charge in [-0.3, -0.25) is 14.6 Å². The van der Waals surface area contributed by atoms with E-state index < -0.39 is 17.6 Å². The van der Waals surface area contributed by atoms with Gasteiger partial charge < -0.3 is 10.6 Å². The molecule has 0 unspecified atom stereocenters. The molecule has 0 aliphatic heterocycles. The maximum absolute atomic E-state index is 13.7. The average Bonchev–Trinajstić information content (AvgIpc) is 2.63. The molecule has 136 valence electrons. The van der Waals surface area contributed by atoms with Crippen molar-refractivity contribution in [1.82, 2.24) is 4.98 Å². The third kappa shape index (κ3) is 4.55. The molecular weight excluding hydrogens is 345 g/mol. The van der Waals surface area contributed by atoms with Gasteiger partial charge in [0, 0.05) is 17.4 Å². The van der Waals surface area contributed by atoms with Gasteiger partial charge in [-0.05, 0) is 61.4 Å². The summed E-state index contributed by atoms with van der Waals surface area (Å²) in [6.45, 7) is 3.88. The highest BCUT2D eigenvalue weighted by Gasteiger charge is 2.14. The van der Waals surface area contributed by atoms with Gasteiger partial charge in [-0.25, -0.2) is 4.39 Å². The van der Waals surface area contributed by atoms with Crippen LogP contribution in [0.3, 0.4) is 0 Å². The van der Waals surface area contributed by atoms with E-state index in [2.05, 4.69) is 15.6 Å². The lowest BCUT2D eigenvalue weighted by molar-refractivity contribution is 0.102. The zero-order valence-corrected chi connectivity index (χ0v) is 14.9. The highest BCUT2D eigenvalue weighted by molar-refractivity contribution is 6.07. The maximum atomic E-state index is 13.7. The topological polar surface area (TPSA) is 71.1 Å².